The van der Waals surface area contributed by atoms with Gasteiger partial charge in [0, 0.05) is 12.1 Å². The molecule has 0 fully saturated rings. The Labute approximate surface area is 151 Å². The van der Waals surface area contributed by atoms with Gasteiger partial charge in [-0.2, -0.15) is 0 Å². The smallest absolute Gasteiger partial charge is 0.264 e. The number of H-pyrrole nitrogens is 1. The van der Waals surface area contributed by atoms with E-state index in [1.165, 1.54) is 11.3 Å². The predicted octanol–water partition coefficient (Wildman–Crippen LogP) is 4.20. The van der Waals surface area contributed by atoms with E-state index in [-0.39, 0.29) is 11.5 Å². The molecule has 0 aliphatic carbocycles. The lowest BCUT2D eigenvalue weighted by Crippen LogP contribution is -2.35. The number of hydrogen-bond donors (Lipinski definition) is 1. The quantitative estimate of drug-likeness (QED) is 0.747. The van der Waals surface area contributed by atoms with Crippen LogP contribution in [0.25, 0.3) is 10.9 Å². The summed E-state index contributed by atoms with van der Waals surface area (Å²) in [5, 5.41) is 2.88. The number of fused-ring (bicyclic) bond motifs is 1. The molecule has 25 heavy (non-hydrogen) atoms. The molecule has 0 radical (unpaired) electrons. The summed E-state index contributed by atoms with van der Waals surface area (Å²) in [6.45, 7) is 7.05. The van der Waals surface area contributed by atoms with Gasteiger partial charge in [0.25, 0.3) is 11.5 Å². The van der Waals surface area contributed by atoms with Crippen molar-refractivity contribution >= 4 is 28.1 Å². The lowest BCUT2D eigenvalue weighted by molar-refractivity contribution is 0.0727. The summed E-state index contributed by atoms with van der Waals surface area (Å²) in [6, 6.07) is 11.5. The van der Waals surface area contributed by atoms with Gasteiger partial charge in [-0.15, -0.1) is 11.3 Å². The molecule has 0 atom stereocenters. The Hall–Kier alpha value is -2.40. The summed E-state index contributed by atoms with van der Waals surface area (Å²) in [4.78, 5) is 30.8. The molecule has 0 bridgehead atoms. The number of thiophene rings is 1. The number of nitrogens with zero attached hydrogens (tertiary/aromatic N) is 1. The summed E-state index contributed by atoms with van der Waals surface area (Å²) in [5.41, 5.74) is 2.38. The van der Waals surface area contributed by atoms with Crippen molar-refractivity contribution in [3.63, 3.8) is 0 Å². The normalized spacial score (nSPS) is 11.2. The second-order valence-corrected chi connectivity index (χ2v) is 7.67. The Morgan fingerprint density at radius 2 is 2.04 bits per heavy atom. The number of amides is 1. The van der Waals surface area contributed by atoms with Crippen LogP contribution in [0.3, 0.4) is 0 Å². The topological polar surface area (TPSA) is 53.2 Å². The fraction of sp³-hybridized carbons (Fsp3) is 0.300. The van der Waals surface area contributed by atoms with Crippen molar-refractivity contribution in [2.75, 3.05) is 6.54 Å². The summed E-state index contributed by atoms with van der Waals surface area (Å²) >= 11 is 1.43. The molecule has 3 rings (SSSR count). The van der Waals surface area contributed by atoms with Gasteiger partial charge in [-0.05, 0) is 41.3 Å². The van der Waals surface area contributed by atoms with E-state index in [9.17, 15) is 9.59 Å². The summed E-state index contributed by atoms with van der Waals surface area (Å²) < 4.78 is 0. The average molecular weight is 354 g/mol. The van der Waals surface area contributed by atoms with Crippen LogP contribution in [-0.2, 0) is 6.54 Å². The van der Waals surface area contributed by atoms with Crippen molar-refractivity contribution in [2.24, 2.45) is 5.92 Å². The molecule has 0 spiro atoms. The summed E-state index contributed by atoms with van der Waals surface area (Å²) in [5.74, 6) is 0.304. The molecule has 4 nitrogen and oxygen atoms in total. The highest BCUT2D eigenvalue weighted by molar-refractivity contribution is 7.12. The van der Waals surface area contributed by atoms with Crippen molar-refractivity contribution < 1.29 is 4.79 Å². The van der Waals surface area contributed by atoms with Gasteiger partial charge in [-0.25, -0.2) is 0 Å². The fourth-order valence-corrected chi connectivity index (χ4v) is 3.66. The van der Waals surface area contributed by atoms with E-state index in [2.05, 4.69) is 18.8 Å². The number of carbonyl (C=O) groups is 1. The van der Waals surface area contributed by atoms with Crippen molar-refractivity contribution in [1.82, 2.24) is 9.88 Å². The number of rotatable bonds is 5. The van der Waals surface area contributed by atoms with Gasteiger partial charge in [0.1, 0.15) is 0 Å². The van der Waals surface area contributed by atoms with Gasteiger partial charge in [-0.1, -0.05) is 38.1 Å². The van der Waals surface area contributed by atoms with Crippen LogP contribution in [0, 0.1) is 12.8 Å². The van der Waals surface area contributed by atoms with Crippen LogP contribution in [0.15, 0.2) is 46.6 Å². The Morgan fingerprint density at radius 3 is 2.72 bits per heavy atom. The lowest BCUT2D eigenvalue weighted by Gasteiger charge is -2.24. The molecule has 1 amide bonds. The highest BCUT2D eigenvalue weighted by atomic mass is 32.1. The molecule has 2 aromatic heterocycles. The SMILES string of the molecule is Cc1cccc2cc(CN(CC(C)C)C(=O)c3cccs3)c(=O)[nH]c12. The largest absolute Gasteiger partial charge is 0.333 e. The third-order valence-electron chi connectivity index (χ3n) is 4.13. The zero-order valence-corrected chi connectivity index (χ0v) is 15.5. The van der Waals surface area contributed by atoms with E-state index in [1.807, 2.05) is 48.7 Å². The van der Waals surface area contributed by atoms with Crippen molar-refractivity contribution in [1.29, 1.82) is 0 Å². The van der Waals surface area contributed by atoms with E-state index >= 15 is 0 Å². The number of carbonyl (C=O) groups excluding carboxylic acids is 1. The molecule has 0 saturated heterocycles. The van der Waals surface area contributed by atoms with Crippen molar-refractivity contribution in [3.05, 3.63) is 68.1 Å². The van der Waals surface area contributed by atoms with E-state index < -0.39 is 0 Å². The maximum Gasteiger partial charge on any atom is 0.264 e. The van der Waals surface area contributed by atoms with Crippen LogP contribution in [0.5, 0.6) is 0 Å². The van der Waals surface area contributed by atoms with E-state index in [0.29, 0.717) is 29.4 Å². The first kappa shape index (κ1) is 17.4. The Kier molecular flexibility index (Phi) is 5.04. The molecule has 0 unspecified atom stereocenters. The van der Waals surface area contributed by atoms with Gasteiger partial charge < -0.3 is 9.88 Å². The molecule has 2 heterocycles. The Bertz CT molecular complexity index is 942. The van der Waals surface area contributed by atoms with Gasteiger partial charge in [0.2, 0.25) is 0 Å². The highest BCUT2D eigenvalue weighted by Gasteiger charge is 2.19. The number of benzene rings is 1. The number of nitrogens with one attached hydrogen (secondary N) is 1. The number of aromatic nitrogens is 1. The molecular formula is C20H22N2O2S. The maximum absolute atomic E-state index is 12.8. The second kappa shape index (κ2) is 7.23. The first-order valence-electron chi connectivity index (χ1n) is 8.40. The zero-order valence-electron chi connectivity index (χ0n) is 14.7. The van der Waals surface area contributed by atoms with Crippen LogP contribution < -0.4 is 5.56 Å². The third-order valence-corrected chi connectivity index (χ3v) is 4.99. The molecule has 1 N–H and O–H groups in total. The standard InChI is InChI=1S/C20H22N2O2S/c1-13(2)11-22(20(24)17-8-5-9-25-17)12-16-10-15-7-4-6-14(3)18(15)21-19(16)23/h4-10,13H,11-12H2,1-3H3,(H,21,23). The summed E-state index contributed by atoms with van der Waals surface area (Å²) in [7, 11) is 0. The number of pyridine rings is 1. The Balaban J connectivity index is 1.96. The van der Waals surface area contributed by atoms with Gasteiger partial charge in [0.15, 0.2) is 0 Å². The predicted molar refractivity (Wildman–Crippen MR) is 103 cm³/mol. The van der Waals surface area contributed by atoms with Crippen LogP contribution in [0.4, 0.5) is 0 Å². The molecule has 0 saturated carbocycles. The van der Waals surface area contributed by atoms with Crippen LogP contribution >= 0.6 is 11.3 Å². The second-order valence-electron chi connectivity index (χ2n) is 6.72. The monoisotopic (exact) mass is 354 g/mol. The van der Waals surface area contributed by atoms with Crippen molar-refractivity contribution in [3.8, 4) is 0 Å². The third kappa shape index (κ3) is 3.82. The molecule has 3 aromatic rings. The highest BCUT2D eigenvalue weighted by Crippen LogP contribution is 2.18. The molecule has 1 aromatic carbocycles. The minimum Gasteiger partial charge on any atom is -0.333 e. The average Bonchev–Trinajstić information content (AvgIpc) is 3.09. The van der Waals surface area contributed by atoms with E-state index in [1.54, 1.807) is 4.90 Å². The number of aryl methyl sites for hydroxylation is 1. The minimum absolute atomic E-state index is 0.0209. The lowest BCUT2D eigenvalue weighted by atomic mass is 10.1. The molecule has 0 aliphatic heterocycles. The van der Waals surface area contributed by atoms with Gasteiger partial charge in [0.05, 0.1) is 16.9 Å². The van der Waals surface area contributed by atoms with Crippen LogP contribution in [-0.4, -0.2) is 22.3 Å². The van der Waals surface area contributed by atoms with Gasteiger partial charge in [-0.3, -0.25) is 9.59 Å². The minimum atomic E-state index is -0.130. The fourth-order valence-electron chi connectivity index (χ4n) is 2.97. The number of hydrogen-bond acceptors (Lipinski definition) is 3. The van der Waals surface area contributed by atoms with Crippen LogP contribution in [0.1, 0.15) is 34.6 Å². The van der Waals surface area contributed by atoms with Gasteiger partial charge >= 0.3 is 0 Å². The van der Waals surface area contributed by atoms with E-state index in [4.69, 9.17) is 0 Å². The number of para-hydroxylation sites is 1. The first-order chi connectivity index (χ1) is 12.0. The van der Waals surface area contributed by atoms with E-state index in [0.717, 1.165) is 16.5 Å². The Morgan fingerprint density at radius 1 is 1.24 bits per heavy atom. The van der Waals surface area contributed by atoms with Crippen molar-refractivity contribution in [2.45, 2.75) is 27.3 Å². The summed E-state index contributed by atoms with van der Waals surface area (Å²) in [6.07, 6.45) is 0. The van der Waals surface area contributed by atoms with Crippen LogP contribution in [0.2, 0.25) is 0 Å². The number of aromatic amines is 1. The molecule has 0 aliphatic rings. The molecule has 5 heteroatoms. The maximum atomic E-state index is 12.8. The molecular weight excluding hydrogens is 332 g/mol. The zero-order chi connectivity index (χ0) is 18.0. The first-order valence-corrected chi connectivity index (χ1v) is 9.28. The molecule has 130 valence electrons.